The van der Waals surface area contributed by atoms with Crippen LogP contribution in [0.15, 0.2) is 0 Å². The van der Waals surface area contributed by atoms with Crippen LogP contribution in [0.25, 0.3) is 0 Å². The molecule has 0 aliphatic carbocycles. The topological polar surface area (TPSA) is 80.4 Å². The molecule has 2 unspecified atom stereocenters. The molecule has 3 N–H and O–H groups in total. The average molecular weight is 201 g/mol. The molecule has 4 heteroatoms. The third-order valence-electron chi connectivity index (χ3n) is 2.60. The van der Waals surface area contributed by atoms with Gasteiger partial charge in [0.25, 0.3) is 0 Å². The first-order chi connectivity index (χ1) is 6.52. The zero-order valence-corrected chi connectivity index (χ0v) is 8.82. The molecule has 0 bridgehead atoms. The number of hydrogen-bond donors (Lipinski definition) is 2. The molecule has 0 aromatic rings. The molecule has 0 aromatic carbocycles. The number of aliphatic carboxylic acids is 1. The number of carboxylic acid groups (broad SMARTS) is 1. The summed E-state index contributed by atoms with van der Waals surface area (Å²) in [6, 6.07) is 0. The van der Waals surface area contributed by atoms with Gasteiger partial charge in [-0.3, -0.25) is 9.59 Å². The molecule has 4 nitrogen and oxygen atoms in total. The minimum atomic E-state index is -0.785. The number of carboxylic acids is 1. The van der Waals surface area contributed by atoms with Gasteiger partial charge in [-0.05, 0) is 25.7 Å². The third-order valence-corrected chi connectivity index (χ3v) is 2.60. The maximum atomic E-state index is 10.9. The van der Waals surface area contributed by atoms with Crippen molar-refractivity contribution in [3.05, 3.63) is 0 Å². The van der Waals surface area contributed by atoms with Crippen LogP contribution in [-0.4, -0.2) is 17.0 Å². The lowest BCUT2D eigenvalue weighted by Gasteiger charge is -2.13. The van der Waals surface area contributed by atoms with Gasteiger partial charge in [0.15, 0.2) is 0 Å². The zero-order chi connectivity index (χ0) is 11.1. The van der Waals surface area contributed by atoms with Crippen molar-refractivity contribution in [1.29, 1.82) is 0 Å². The molecule has 1 amide bonds. The molecule has 0 radical (unpaired) electrons. The van der Waals surface area contributed by atoms with E-state index in [0.717, 1.165) is 0 Å². The van der Waals surface area contributed by atoms with Crippen LogP contribution in [0.5, 0.6) is 0 Å². The van der Waals surface area contributed by atoms with Crippen LogP contribution in [0.4, 0.5) is 0 Å². The van der Waals surface area contributed by atoms with Gasteiger partial charge in [-0.1, -0.05) is 13.8 Å². The van der Waals surface area contributed by atoms with Gasteiger partial charge in [-0.2, -0.15) is 0 Å². The van der Waals surface area contributed by atoms with Crippen LogP contribution in [0.3, 0.4) is 0 Å². The Morgan fingerprint density at radius 3 is 1.86 bits per heavy atom. The lowest BCUT2D eigenvalue weighted by atomic mass is 9.92. The monoisotopic (exact) mass is 201 g/mol. The summed E-state index contributed by atoms with van der Waals surface area (Å²) < 4.78 is 0. The smallest absolute Gasteiger partial charge is 0.306 e. The third kappa shape index (κ3) is 4.25. The zero-order valence-electron chi connectivity index (χ0n) is 8.82. The molecule has 0 heterocycles. The summed E-state index contributed by atoms with van der Waals surface area (Å²) >= 11 is 0. The molecule has 0 spiro atoms. The molecule has 0 aromatic heterocycles. The van der Waals surface area contributed by atoms with E-state index in [1.807, 2.05) is 13.8 Å². The minimum absolute atomic E-state index is 0.177. The number of hydrogen-bond acceptors (Lipinski definition) is 2. The summed E-state index contributed by atoms with van der Waals surface area (Å²) in [5.41, 5.74) is 5.16. The van der Waals surface area contributed by atoms with Crippen molar-refractivity contribution < 1.29 is 14.7 Å². The molecule has 2 atom stereocenters. The number of primary amides is 1. The van der Waals surface area contributed by atoms with Crippen molar-refractivity contribution in [2.75, 3.05) is 0 Å². The summed E-state index contributed by atoms with van der Waals surface area (Å²) in [4.78, 5) is 21.6. The van der Waals surface area contributed by atoms with Crippen molar-refractivity contribution in [2.24, 2.45) is 17.6 Å². The number of rotatable bonds is 7. The SMILES string of the molecule is CCC(CCC(CC)C(=O)O)C(N)=O. The molecular formula is C10H19NO3. The molecule has 0 aliphatic heterocycles. The van der Waals surface area contributed by atoms with Gasteiger partial charge in [-0.15, -0.1) is 0 Å². The molecule has 0 aliphatic rings. The summed E-state index contributed by atoms with van der Waals surface area (Å²) in [7, 11) is 0. The normalized spacial score (nSPS) is 14.7. The highest BCUT2D eigenvalue weighted by atomic mass is 16.4. The molecule has 14 heavy (non-hydrogen) atoms. The standard InChI is InChI=1S/C10H19NO3/c1-3-7(9(11)12)5-6-8(4-2)10(13)14/h7-8H,3-6H2,1-2H3,(H2,11,12)(H,13,14). The average Bonchev–Trinajstić information content (AvgIpc) is 2.11. The van der Waals surface area contributed by atoms with E-state index < -0.39 is 5.97 Å². The number of nitrogens with two attached hydrogens (primary N) is 1. The fourth-order valence-corrected chi connectivity index (χ4v) is 1.45. The fourth-order valence-electron chi connectivity index (χ4n) is 1.45. The van der Waals surface area contributed by atoms with Gasteiger partial charge >= 0.3 is 5.97 Å². The molecular weight excluding hydrogens is 182 g/mol. The second-order valence-corrected chi connectivity index (χ2v) is 3.53. The van der Waals surface area contributed by atoms with Gasteiger partial charge < -0.3 is 10.8 Å². The van der Waals surface area contributed by atoms with E-state index in [1.54, 1.807) is 0 Å². The van der Waals surface area contributed by atoms with E-state index in [4.69, 9.17) is 10.8 Å². The van der Waals surface area contributed by atoms with Crippen LogP contribution < -0.4 is 5.73 Å². The van der Waals surface area contributed by atoms with E-state index in [-0.39, 0.29) is 17.7 Å². The Balaban J connectivity index is 4.00. The van der Waals surface area contributed by atoms with Gasteiger partial charge in [0, 0.05) is 5.92 Å². The van der Waals surface area contributed by atoms with Crippen LogP contribution >= 0.6 is 0 Å². The fraction of sp³-hybridized carbons (Fsp3) is 0.800. The predicted molar refractivity (Wildman–Crippen MR) is 53.6 cm³/mol. The first-order valence-corrected chi connectivity index (χ1v) is 5.05. The summed E-state index contributed by atoms with van der Waals surface area (Å²) in [6.07, 6.45) is 2.40. The van der Waals surface area contributed by atoms with Crippen molar-refractivity contribution in [1.82, 2.24) is 0 Å². The summed E-state index contributed by atoms with van der Waals surface area (Å²) in [6.45, 7) is 3.72. The Morgan fingerprint density at radius 2 is 1.57 bits per heavy atom. The number of carbonyl (C=O) groups excluding carboxylic acids is 1. The number of carbonyl (C=O) groups is 2. The van der Waals surface area contributed by atoms with E-state index in [0.29, 0.717) is 25.7 Å². The van der Waals surface area contributed by atoms with E-state index in [1.165, 1.54) is 0 Å². The van der Waals surface area contributed by atoms with E-state index in [9.17, 15) is 9.59 Å². The van der Waals surface area contributed by atoms with Crippen LogP contribution in [-0.2, 0) is 9.59 Å². The maximum Gasteiger partial charge on any atom is 0.306 e. The van der Waals surface area contributed by atoms with E-state index in [2.05, 4.69) is 0 Å². The minimum Gasteiger partial charge on any atom is -0.481 e. The van der Waals surface area contributed by atoms with Crippen LogP contribution in [0, 0.1) is 11.8 Å². The Morgan fingerprint density at radius 1 is 1.14 bits per heavy atom. The quantitative estimate of drug-likeness (QED) is 0.653. The largest absolute Gasteiger partial charge is 0.481 e. The maximum absolute atomic E-state index is 10.9. The van der Waals surface area contributed by atoms with Crippen molar-refractivity contribution in [3.8, 4) is 0 Å². The summed E-state index contributed by atoms with van der Waals surface area (Å²) in [5.74, 6) is -1.63. The van der Waals surface area contributed by atoms with Gasteiger partial charge in [0.1, 0.15) is 0 Å². The molecule has 0 saturated heterocycles. The summed E-state index contributed by atoms with van der Waals surface area (Å²) in [5, 5.41) is 8.78. The van der Waals surface area contributed by atoms with E-state index >= 15 is 0 Å². The Bertz CT molecular complexity index is 182. The van der Waals surface area contributed by atoms with Gasteiger partial charge in [0.2, 0.25) is 5.91 Å². The second-order valence-electron chi connectivity index (χ2n) is 3.53. The molecule has 0 fully saturated rings. The van der Waals surface area contributed by atoms with Gasteiger partial charge in [0.05, 0.1) is 5.92 Å². The Hall–Kier alpha value is -1.06. The second kappa shape index (κ2) is 6.40. The molecule has 0 rings (SSSR count). The van der Waals surface area contributed by atoms with Crippen LogP contribution in [0.2, 0.25) is 0 Å². The highest BCUT2D eigenvalue weighted by Crippen LogP contribution is 2.17. The van der Waals surface area contributed by atoms with Crippen molar-refractivity contribution >= 4 is 11.9 Å². The Kier molecular flexibility index (Phi) is 5.92. The first-order valence-electron chi connectivity index (χ1n) is 5.05. The van der Waals surface area contributed by atoms with Gasteiger partial charge in [-0.25, -0.2) is 0 Å². The molecule has 82 valence electrons. The lowest BCUT2D eigenvalue weighted by molar-refractivity contribution is -0.142. The lowest BCUT2D eigenvalue weighted by Crippen LogP contribution is -2.24. The van der Waals surface area contributed by atoms with Crippen LogP contribution in [0.1, 0.15) is 39.5 Å². The predicted octanol–water partition coefficient (Wildman–Crippen LogP) is 1.39. The highest BCUT2D eigenvalue weighted by Gasteiger charge is 2.19. The van der Waals surface area contributed by atoms with Crippen molar-refractivity contribution in [3.63, 3.8) is 0 Å². The Labute approximate surface area is 84.5 Å². The number of amides is 1. The highest BCUT2D eigenvalue weighted by molar-refractivity contribution is 5.76. The van der Waals surface area contributed by atoms with Crippen molar-refractivity contribution in [2.45, 2.75) is 39.5 Å². The molecule has 0 saturated carbocycles. The first kappa shape index (κ1) is 12.9.